The number of hydrogen-bond donors (Lipinski definition) is 1. The number of ether oxygens (including phenoxy) is 1. The number of amides is 1. The van der Waals surface area contributed by atoms with Crippen molar-refractivity contribution in [2.45, 2.75) is 24.9 Å². The van der Waals surface area contributed by atoms with E-state index in [4.69, 9.17) is 37.9 Å². The van der Waals surface area contributed by atoms with E-state index in [1.165, 1.54) is 6.08 Å². The van der Waals surface area contributed by atoms with Gasteiger partial charge in [-0.15, -0.1) is 0 Å². The maximum absolute atomic E-state index is 12.5. The molecular weight excluding hydrogens is 566 g/mol. The van der Waals surface area contributed by atoms with Crippen LogP contribution in [-0.2, 0) is 4.79 Å². The first-order valence-corrected chi connectivity index (χ1v) is 14.7. The van der Waals surface area contributed by atoms with Gasteiger partial charge in [-0.05, 0) is 61.5 Å². The van der Waals surface area contributed by atoms with E-state index in [1.54, 1.807) is 23.1 Å². The Morgan fingerprint density at radius 2 is 2.00 bits per heavy atom. The molecule has 0 aliphatic carbocycles. The lowest BCUT2D eigenvalue weighted by Crippen LogP contribution is -2.56. The van der Waals surface area contributed by atoms with E-state index in [9.17, 15) is 9.90 Å². The molecule has 0 spiro atoms. The number of aromatic nitrogens is 3. The molecule has 1 amide bonds. The number of aromatic hydroxyl groups is 1. The van der Waals surface area contributed by atoms with Crippen LogP contribution in [0.2, 0.25) is 5.02 Å². The van der Waals surface area contributed by atoms with Crippen LogP contribution in [0.4, 0.5) is 5.82 Å². The predicted molar refractivity (Wildman–Crippen MR) is 167 cm³/mol. The third kappa shape index (κ3) is 5.66. The summed E-state index contributed by atoms with van der Waals surface area (Å²) >= 11 is 6.91. The van der Waals surface area contributed by atoms with Crippen molar-refractivity contribution < 1.29 is 14.6 Å². The first kappa shape index (κ1) is 28.6. The summed E-state index contributed by atoms with van der Waals surface area (Å²) in [6, 6.07) is 13.0. The number of halogens is 1. The molecule has 220 valence electrons. The molecular formula is C32H32ClN7O3. The van der Waals surface area contributed by atoms with E-state index in [0.29, 0.717) is 59.4 Å². The van der Waals surface area contributed by atoms with E-state index in [1.807, 2.05) is 29.2 Å². The van der Waals surface area contributed by atoms with Gasteiger partial charge in [-0.3, -0.25) is 4.79 Å². The summed E-state index contributed by atoms with van der Waals surface area (Å²) in [5.74, 6) is 0.498. The molecule has 4 aromatic rings. The van der Waals surface area contributed by atoms with Crippen LogP contribution in [0.3, 0.4) is 0 Å². The van der Waals surface area contributed by atoms with Crippen molar-refractivity contribution in [2.24, 2.45) is 0 Å². The second-order valence-corrected chi connectivity index (χ2v) is 11.4. The minimum absolute atomic E-state index is 0.109. The number of carbonyl (C=O) groups excluding carboxylic acids is 1. The molecule has 2 aromatic carbocycles. The topological polar surface area (TPSA) is 99.3 Å². The highest BCUT2D eigenvalue weighted by atomic mass is 35.5. The van der Waals surface area contributed by atoms with Crippen molar-refractivity contribution >= 4 is 45.1 Å². The summed E-state index contributed by atoms with van der Waals surface area (Å²) in [7, 11) is 2.09. The molecule has 0 bridgehead atoms. The van der Waals surface area contributed by atoms with Gasteiger partial charge in [0.05, 0.1) is 16.1 Å². The van der Waals surface area contributed by atoms with Gasteiger partial charge in [-0.2, -0.15) is 9.97 Å². The molecule has 2 fully saturated rings. The largest absolute Gasteiger partial charge is 0.508 e. The highest BCUT2D eigenvalue weighted by Crippen LogP contribution is 2.38. The first-order chi connectivity index (χ1) is 20.9. The van der Waals surface area contributed by atoms with E-state index >= 15 is 0 Å². The van der Waals surface area contributed by atoms with Crippen LogP contribution in [0.5, 0.6) is 11.8 Å². The molecule has 10 nitrogen and oxygen atoms in total. The molecule has 11 heteroatoms. The second kappa shape index (κ2) is 12.0. The summed E-state index contributed by atoms with van der Waals surface area (Å²) in [6.07, 6.45) is 3.44. The van der Waals surface area contributed by atoms with Crippen molar-refractivity contribution in [3.8, 4) is 23.0 Å². The maximum atomic E-state index is 12.5. The van der Waals surface area contributed by atoms with E-state index in [-0.39, 0.29) is 36.3 Å². The molecule has 0 radical (unpaired) electrons. The summed E-state index contributed by atoms with van der Waals surface area (Å²) in [5.41, 5.74) is 1.57. The molecule has 0 saturated carbocycles. The highest BCUT2D eigenvalue weighted by molar-refractivity contribution is 6.34. The highest BCUT2D eigenvalue weighted by Gasteiger charge is 2.33. The number of hydrogen-bond acceptors (Lipinski definition) is 8. The molecule has 6 rings (SSSR count). The van der Waals surface area contributed by atoms with Crippen LogP contribution in [0.15, 0.2) is 55.1 Å². The van der Waals surface area contributed by atoms with Gasteiger partial charge < -0.3 is 29.4 Å². The fourth-order valence-corrected chi connectivity index (χ4v) is 6.31. The zero-order valence-electron chi connectivity index (χ0n) is 23.9. The van der Waals surface area contributed by atoms with Crippen molar-refractivity contribution in [3.63, 3.8) is 0 Å². The number of carbonyl (C=O) groups is 1. The zero-order valence-corrected chi connectivity index (χ0v) is 24.7. The molecule has 2 aliphatic rings. The molecule has 43 heavy (non-hydrogen) atoms. The summed E-state index contributed by atoms with van der Waals surface area (Å²) in [5, 5.41) is 13.3. The van der Waals surface area contributed by atoms with Gasteiger partial charge in [-0.25, -0.2) is 11.6 Å². The molecule has 2 saturated heterocycles. The molecule has 1 N–H and O–H groups in total. The van der Waals surface area contributed by atoms with Gasteiger partial charge in [-0.1, -0.05) is 42.4 Å². The third-order valence-electron chi connectivity index (χ3n) is 8.32. The minimum atomic E-state index is -0.334. The number of rotatable bonds is 7. The standard InChI is InChI=1S/C32H32ClN7O3/c1-4-28(42)40-13-12-39(18-22(40)17-34-2)31-26-16-27(33)29(25-15-23(41)14-20-8-5-6-10-24(20)25)35-30(26)36-32(37-31)43-19-21-9-7-11-38(21)3/h4-6,8,10,14-16,21-22,41H,1,7,9,11-13,17-19H2,3H3/t21-,22-/m0/s1. The molecule has 0 unspecified atom stereocenters. The molecule has 4 heterocycles. The number of benzene rings is 2. The van der Waals surface area contributed by atoms with Gasteiger partial charge >= 0.3 is 6.01 Å². The zero-order chi connectivity index (χ0) is 30.1. The molecule has 2 aliphatic heterocycles. The van der Waals surface area contributed by atoms with Gasteiger partial charge in [0.15, 0.2) is 5.65 Å². The minimum Gasteiger partial charge on any atom is -0.508 e. The van der Waals surface area contributed by atoms with Crippen LogP contribution < -0.4 is 9.64 Å². The number of likely N-dealkylation sites (tertiary alicyclic amines) is 1. The summed E-state index contributed by atoms with van der Waals surface area (Å²) in [6.45, 7) is 14.0. The van der Waals surface area contributed by atoms with Crippen molar-refractivity contribution in [1.29, 1.82) is 0 Å². The fraction of sp³-hybridized carbons (Fsp3) is 0.344. The Kier molecular flexibility index (Phi) is 8.02. The predicted octanol–water partition coefficient (Wildman–Crippen LogP) is 4.80. The van der Waals surface area contributed by atoms with Crippen molar-refractivity contribution in [2.75, 3.05) is 51.3 Å². The smallest absolute Gasteiger partial charge is 0.320 e. The van der Waals surface area contributed by atoms with Crippen LogP contribution >= 0.6 is 11.6 Å². The third-order valence-corrected chi connectivity index (χ3v) is 8.61. The number of phenolic OH excluding ortho intramolecular Hbond substituents is 1. The maximum Gasteiger partial charge on any atom is 0.320 e. The second-order valence-electron chi connectivity index (χ2n) is 11.0. The van der Waals surface area contributed by atoms with Crippen molar-refractivity contribution in [3.05, 3.63) is 71.6 Å². The SMILES string of the molecule is [C-]#[N+]C[C@H]1CN(c2nc(OC[C@@H]3CCCN3C)nc3nc(-c4cc(O)cc5ccccc45)c(Cl)cc23)CCN1C(=O)C=C. The Hall–Kier alpha value is -4.46. The number of nitrogens with zero attached hydrogens (tertiary/aromatic N) is 7. The van der Waals surface area contributed by atoms with Gasteiger partial charge in [0, 0.05) is 31.2 Å². The Morgan fingerprint density at radius 1 is 1.16 bits per heavy atom. The Labute approximate surface area is 255 Å². The van der Waals surface area contributed by atoms with E-state index in [2.05, 4.69) is 23.4 Å². The van der Waals surface area contributed by atoms with E-state index < -0.39 is 0 Å². The van der Waals surface area contributed by atoms with Crippen LogP contribution in [0.25, 0.3) is 37.9 Å². The Balaban J connectivity index is 1.45. The van der Waals surface area contributed by atoms with Gasteiger partial charge in [0.1, 0.15) is 24.2 Å². The quantitative estimate of drug-likeness (QED) is 0.240. The lowest BCUT2D eigenvalue weighted by atomic mass is 10.0. The van der Waals surface area contributed by atoms with Crippen LogP contribution in [-0.4, -0.2) is 94.2 Å². The first-order valence-electron chi connectivity index (χ1n) is 14.3. The number of fused-ring (bicyclic) bond motifs is 2. The number of pyridine rings is 1. The number of phenols is 1. The van der Waals surface area contributed by atoms with Gasteiger partial charge in [0.25, 0.3) is 0 Å². The molecule has 2 atom stereocenters. The van der Waals surface area contributed by atoms with Crippen LogP contribution in [0.1, 0.15) is 12.8 Å². The normalized spacial score (nSPS) is 19.1. The lowest BCUT2D eigenvalue weighted by molar-refractivity contribution is -0.128. The average Bonchev–Trinajstić information content (AvgIpc) is 3.43. The summed E-state index contributed by atoms with van der Waals surface area (Å²) < 4.78 is 6.19. The number of anilines is 1. The summed E-state index contributed by atoms with van der Waals surface area (Å²) in [4.78, 5) is 36.6. The van der Waals surface area contributed by atoms with E-state index in [0.717, 1.165) is 30.2 Å². The fourth-order valence-electron chi connectivity index (χ4n) is 6.06. The molecule has 2 aromatic heterocycles. The lowest BCUT2D eigenvalue weighted by Gasteiger charge is -2.39. The average molecular weight is 598 g/mol. The van der Waals surface area contributed by atoms with Crippen LogP contribution in [0, 0.1) is 6.57 Å². The van der Waals surface area contributed by atoms with Gasteiger partial charge in [0.2, 0.25) is 12.5 Å². The number of piperazine rings is 1. The number of likely N-dealkylation sites (N-methyl/N-ethyl adjacent to an activating group) is 1. The Bertz CT molecular complexity index is 1760. The van der Waals surface area contributed by atoms with Crippen molar-refractivity contribution in [1.82, 2.24) is 24.8 Å². The monoisotopic (exact) mass is 597 g/mol. The Morgan fingerprint density at radius 3 is 2.77 bits per heavy atom.